The van der Waals surface area contributed by atoms with Crippen molar-refractivity contribution in [2.75, 3.05) is 11.9 Å². The summed E-state index contributed by atoms with van der Waals surface area (Å²) in [5.41, 5.74) is 0.861. The monoisotopic (exact) mass is 293 g/mol. The van der Waals surface area contributed by atoms with Crippen LogP contribution in [0.3, 0.4) is 0 Å². The summed E-state index contributed by atoms with van der Waals surface area (Å²) in [7, 11) is 1.69. The van der Waals surface area contributed by atoms with Crippen molar-refractivity contribution in [1.82, 2.24) is 0 Å². The van der Waals surface area contributed by atoms with Gasteiger partial charge in [0.1, 0.15) is 0 Å². The first-order valence-electron chi connectivity index (χ1n) is 6.30. The number of carbonyl (C=O) groups is 1. The summed E-state index contributed by atoms with van der Waals surface area (Å²) >= 11 is 0. The Balaban J connectivity index is 2.51. The Kier molecular flexibility index (Phi) is 4.02. The number of hydrogen-bond acceptors (Lipinski definition) is 2. The number of anilines is 2. The number of halogens is 3. The topological polar surface area (TPSA) is 20.3 Å². The summed E-state index contributed by atoms with van der Waals surface area (Å²) in [4.78, 5) is 12.4. The van der Waals surface area contributed by atoms with E-state index in [-0.39, 0.29) is 11.8 Å². The van der Waals surface area contributed by atoms with Crippen molar-refractivity contribution in [3.8, 4) is 0 Å². The Morgan fingerprint density at radius 3 is 2.33 bits per heavy atom. The van der Waals surface area contributed by atoms with E-state index in [2.05, 4.69) is 0 Å². The van der Waals surface area contributed by atoms with Gasteiger partial charge in [-0.15, -0.1) is 0 Å². The lowest BCUT2D eigenvalue weighted by molar-refractivity contribution is -0.137. The van der Waals surface area contributed by atoms with Crippen molar-refractivity contribution in [2.24, 2.45) is 0 Å². The third-order valence-electron chi connectivity index (χ3n) is 3.33. The summed E-state index contributed by atoms with van der Waals surface area (Å²) < 4.78 is 38.9. The van der Waals surface area contributed by atoms with Crippen LogP contribution in [0.1, 0.15) is 21.5 Å². The van der Waals surface area contributed by atoms with Gasteiger partial charge in [-0.05, 0) is 36.8 Å². The molecule has 0 saturated carbocycles. The van der Waals surface area contributed by atoms with Gasteiger partial charge in [0.25, 0.3) is 0 Å². The average molecular weight is 293 g/mol. The lowest BCUT2D eigenvalue weighted by atomic mass is 10.1. The number of aryl methyl sites for hydroxylation is 1. The predicted octanol–water partition coefficient (Wildman–Crippen LogP) is 4.59. The van der Waals surface area contributed by atoms with Crippen LogP contribution in [0.2, 0.25) is 0 Å². The molecule has 2 nitrogen and oxygen atoms in total. The van der Waals surface area contributed by atoms with E-state index in [1.807, 2.05) is 31.2 Å². The van der Waals surface area contributed by atoms with E-state index in [1.54, 1.807) is 11.9 Å². The van der Waals surface area contributed by atoms with Crippen molar-refractivity contribution in [1.29, 1.82) is 0 Å². The van der Waals surface area contributed by atoms with Crippen LogP contribution in [-0.4, -0.2) is 13.3 Å². The number of para-hydroxylation sites is 1. The molecule has 0 unspecified atom stereocenters. The van der Waals surface area contributed by atoms with E-state index in [0.29, 0.717) is 5.69 Å². The first-order valence-corrected chi connectivity index (χ1v) is 6.30. The minimum absolute atomic E-state index is 0.223. The zero-order valence-corrected chi connectivity index (χ0v) is 11.6. The highest BCUT2D eigenvalue weighted by Gasteiger charge is 2.33. The van der Waals surface area contributed by atoms with Gasteiger partial charge in [0.05, 0.1) is 5.56 Å². The molecule has 0 bridgehead atoms. The Morgan fingerprint density at radius 2 is 1.76 bits per heavy atom. The van der Waals surface area contributed by atoms with E-state index in [0.717, 1.165) is 17.3 Å². The Hall–Kier alpha value is -2.30. The summed E-state index contributed by atoms with van der Waals surface area (Å²) in [5, 5.41) is 0. The second-order valence-corrected chi connectivity index (χ2v) is 4.73. The van der Waals surface area contributed by atoms with Gasteiger partial charge < -0.3 is 4.90 Å². The fraction of sp³-hybridized carbons (Fsp3) is 0.188. The molecule has 0 radical (unpaired) electrons. The molecule has 2 aromatic carbocycles. The highest BCUT2D eigenvalue weighted by molar-refractivity contribution is 5.80. The number of aldehydes is 1. The van der Waals surface area contributed by atoms with Crippen LogP contribution in [0.5, 0.6) is 0 Å². The highest BCUT2D eigenvalue weighted by Crippen LogP contribution is 2.35. The molecular weight excluding hydrogens is 279 g/mol. The Morgan fingerprint density at radius 1 is 1.10 bits per heavy atom. The van der Waals surface area contributed by atoms with Gasteiger partial charge in [0.15, 0.2) is 6.29 Å². The van der Waals surface area contributed by atoms with Crippen molar-refractivity contribution >= 4 is 17.7 Å². The van der Waals surface area contributed by atoms with Crippen molar-refractivity contribution in [3.63, 3.8) is 0 Å². The highest BCUT2D eigenvalue weighted by atomic mass is 19.4. The maximum atomic E-state index is 13.0. The molecule has 0 aliphatic carbocycles. The zero-order valence-electron chi connectivity index (χ0n) is 11.6. The van der Waals surface area contributed by atoms with Crippen LogP contribution in [0.4, 0.5) is 24.5 Å². The molecule has 0 heterocycles. The number of hydrogen-bond donors (Lipinski definition) is 0. The van der Waals surface area contributed by atoms with Crippen LogP contribution in [0.15, 0.2) is 42.5 Å². The summed E-state index contributed by atoms with van der Waals surface area (Å²) in [6, 6.07) is 11.1. The van der Waals surface area contributed by atoms with Gasteiger partial charge in [-0.2, -0.15) is 13.2 Å². The molecule has 0 saturated heterocycles. The number of carbonyl (C=O) groups excluding carboxylic acids is 1. The second-order valence-electron chi connectivity index (χ2n) is 4.73. The molecule has 0 aliphatic rings. The smallest absolute Gasteiger partial charge is 0.344 e. The first-order chi connectivity index (χ1) is 9.84. The van der Waals surface area contributed by atoms with Gasteiger partial charge in [0, 0.05) is 24.0 Å². The number of benzene rings is 2. The molecule has 0 atom stereocenters. The summed E-state index contributed by atoms with van der Waals surface area (Å²) in [6.45, 7) is 1.89. The maximum absolute atomic E-state index is 13.0. The van der Waals surface area contributed by atoms with Crippen LogP contribution < -0.4 is 4.90 Å². The van der Waals surface area contributed by atoms with E-state index in [4.69, 9.17) is 0 Å². The second kappa shape index (κ2) is 5.60. The Labute approximate surface area is 120 Å². The average Bonchev–Trinajstić information content (AvgIpc) is 2.45. The molecule has 0 aliphatic heterocycles. The molecule has 0 N–H and O–H groups in total. The van der Waals surface area contributed by atoms with Gasteiger partial charge in [-0.3, -0.25) is 4.79 Å². The van der Waals surface area contributed by atoms with Crippen molar-refractivity contribution in [3.05, 3.63) is 59.2 Å². The largest absolute Gasteiger partial charge is 0.417 e. The van der Waals surface area contributed by atoms with Gasteiger partial charge >= 0.3 is 6.18 Å². The molecule has 2 aromatic rings. The van der Waals surface area contributed by atoms with Crippen molar-refractivity contribution in [2.45, 2.75) is 13.1 Å². The lowest BCUT2D eigenvalue weighted by Gasteiger charge is -2.23. The van der Waals surface area contributed by atoms with Gasteiger partial charge in [-0.25, -0.2) is 0 Å². The van der Waals surface area contributed by atoms with Crippen LogP contribution in [0, 0.1) is 6.92 Å². The van der Waals surface area contributed by atoms with Gasteiger partial charge in [0.2, 0.25) is 0 Å². The van der Waals surface area contributed by atoms with E-state index in [1.165, 1.54) is 12.1 Å². The number of alkyl halides is 3. The van der Waals surface area contributed by atoms with E-state index < -0.39 is 11.7 Å². The molecule has 5 heteroatoms. The van der Waals surface area contributed by atoms with Gasteiger partial charge in [-0.1, -0.05) is 18.2 Å². The molecule has 0 amide bonds. The minimum atomic E-state index is -4.56. The number of rotatable bonds is 3. The maximum Gasteiger partial charge on any atom is 0.417 e. The quantitative estimate of drug-likeness (QED) is 0.771. The van der Waals surface area contributed by atoms with E-state index >= 15 is 0 Å². The zero-order chi connectivity index (χ0) is 15.6. The molecule has 110 valence electrons. The SMILES string of the molecule is Cc1ccccc1N(C)c1ccc(C=O)c(C(F)(F)F)c1. The number of nitrogens with zero attached hydrogens (tertiary/aromatic N) is 1. The molecule has 0 aromatic heterocycles. The summed E-state index contributed by atoms with van der Waals surface area (Å²) in [5.74, 6) is 0. The molecule has 2 rings (SSSR count). The predicted molar refractivity (Wildman–Crippen MR) is 76.1 cm³/mol. The van der Waals surface area contributed by atoms with Crippen LogP contribution >= 0.6 is 0 Å². The molecule has 0 fully saturated rings. The molecular formula is C16H14F3NO. The van der Waals surface area contributed by atoms with E-state index in [9.17, 15) is 18.0 Å². The standard InChI is InChI=1S/C16H14F3NO/c1-11-5-3-4-6-15(11)20(2)13-8-7-12(10-21)14(9-13)16(17,18)19/h3-10H,1-2H3. The molecule has 21 heavy (non-hydrogen) atoms. The van der Waals surface area contributed by atoms with Crippen molar-refractivity contribution < 1.29 is 18.0 Å². The fourth-order valence-corrected chi connectivity index (χ4v) is 2.18. The molecule has 0 spiro atoms. The minimum Gasteiger partial charge on any atom is -0.344 e. The third kappa shape index (κ3) is 3.07. The third-order valence-corrected chi connectivity index (χ3v) is 3.33. The summed E-state index contributed by atoms with van der Waals surface area (Å²) in [6.07, 6.45) is -4.33. The normalized spacial score (nSPS) is 11.3. The Bertz CT molecular complexity index is 665. The van der Waals surface area contributed by atoms with Crippen LogP contribution in [0.25, 0.3) is 0 Å². The first kappa shape index (κ1) is 15.1. The fourth-order valence-electron chi connectivity index (χ4n) is 2.18. The van der Waals surface area contributed by atoms with Crippen LogP contribution in [-0.2, 0) is 6.18 Å². The lowest BCUT2D eigenvalue weighted by Crippen LogP contribution is -2.14.